The summed E-state index contributed by atoms with van der Waals surface area (Å²) in [7, 11) is 1.67. The molecule has 0 aliphatic carbocycles. The van der Waals surface area contributed by atoms with Crippen molar-refractivity contribution in [1.82, 2.24) is 4.90 Å². The van der Waals surface area contributed by atoms with Crippen LogP contribution >= 0.6 is 0 Å². The first-order valence-electron chi connectivity index (χ1n) is 7.31. The van der Waals surface area contributed by atoms with Gasteiger partial charge in [0.05, 0.1) is 7.11 Å². The summed E-state index contributed by atoms with van der Waals surface area (Å²) >= 11 is 0. The third-order valence-corrected chi connectivity index (χ3v) is 4.01. The van der Waals surface area contributed by atoms with Crippen LogP contribution in [0.4, 0.5) is 0 Å². The number of methoxy groups -OCH3 is 1. The number of carbonyl (C=O) groups is 1. The Bertz CT molecular complexity index is 539. The molecule has 4 nitrogen and oxygen atoms in total. The molecule has 0 amide bonds. The van der Waals surface area contributed by atoms with Crippen LogP contribution in [0.25, 0.3) is 6.08 Å². The van der Waals surface area contributed by atoms with E-state index in [-0.39, 0.29) is 0 Å². The fourth-order valence-electron chi connectivity index (χ4n) is 3.02. The van der Waals surface area contributed by atoms with E-state index < -0.39 is 5.97 Å². The van der Waals surface area contributed by atoms with E-state index in [4.69, 9.17) is 9.84 Å². The van der Waals surface area contributed by atoms with Crippen LogP contribution in [0.1, 0.15) is 31.4 Å². The second-order valence-corrected chi connectivity index (χ2v) is 5.86. The van der Waals surface area contributed by atoms with Gasteiger partial charge >= 0.3 is 5.97 Å². The van der Waals surface area contributed by atoms with Crippen molar-refractivity contribution in [3.63, 3.8) is 0 Å². The monoisotopic (exact) mass is 289 g/mol. The third-order valence-electron chi connectivity index (χ3n) is 4.01. The molecule has 0 bridgehead atoms. The van der Waals surface area contributed by atoms with Crippen LogP contribution in [0, 0.1) is 5.92 Å². The highest BCUT2D eigenvalue weighted by molar-refractivity contribution is 5.85. The normalized spacial score (nSPS) is 22.8. The van der Waals surface area contributed by atoms with Gasteiger partial charge in [0, 0.05) is 30.8 Å². The molecular formula is C17H23NO3. The van der Waals surface area contributed by atoms with Gasteiger partial charge in [0.1, 0.15) is 5.75 Å². The topological polar surface area (TPSA) is 49.8 Å². The molecule has 1 N–H and O–H groups in total. The van der Waals surface area contributed by atoms with Gasteiger partial charge < -0.3 is 9.84 Å². The number of rotatable bonds is 5. The van der Waals surface area contributed by atoms with Crippen molar-refractivity contribution in [3.8, 4) is 5.75 Å². The van der Waals surface area contributed by atoms with Gasteiger partial charge in [0.2, 0.25) is 0 Å². The van der Waals surface area contributed by atoms with E-state index in [1.165, 1.54) is 6.42 Å². The van der Waals surface area contributed by atoms with E-state index in [1.807, 2.05) is 18.2 Å². The Labute approximate surface area is 126 Å². The molecule has 2 unspecified atom stereocenters. The molecule has 1 aromatic rings. The van der Waals surface area contributed by atoms with Gasteiger partial charge in [-0.3, -0.25) is 4.90 Å². The Morgan fingerprint density at radius 2 is 2.24 bits per heavy atom. The number of carboxylic acids is 1. The van der Waals surface area contributed by atoms with E-state index in [2.05, 4.69) is 18.7 Å². The molecule has 0 aromatic heterocycles. The summed E-state index contributed by atoms with van der Waals surface area (Å²) in [4.78, 5) is 13.1. The van der Waals surface area contributed by atoms with Crippen molar-refractivity contribution in [2.45, 2.75) is 32.9 Å². The fourth-order valence-corrected chi connectivity index (χ4v) is 3.02. The average Bonchev–Trinajstić information content (AvgIpc) is 2.75. The Morgan fingerprint density at radius 3 is 2.81 bits per heavy atom. The van der Waals surface area contributed by atoms with E-state index in [9.17, 15) is 4.79 Å². The van der Waals surface area contributed by atoms with Gasteiger partial charge in [-0.15, -0.1) is 0 Å². The van der Waals surface area contributed by atoms with Gasteiger partial charge in [0.15, 0.2) is 0 Å². The molecular weight excluding hydrogens is 266 g/mol. The van der Waals surface area contributed by atoms with Crippen LogP contribution in [0.5, 0.6) is 5.75 Å². The molecule has 1 heterocycles. The van der Waals surface area contributed by atoms with E-state index >= 15 is 0 Å². The van der Waals surface area contributed by atoms with Crippen molar-refractivity contribution in [2.75, 3.05) is 13.7 Å². The summed E-state index contributed by atoms with van der Waals surface area (Å²) < 4.78 is 5.43. The Kier molecular flexibility index (Phi) is 5.02. The number of ether oxygens (including phenoxy) is 1. The van der Waals surface area contributed by atoms with Crippen LogP contribution in [0.3, 0.4) is 0 Å². The first-order chi connectivity index (χ1) is 9.99. The molecule has 4 heteroatoms. The van der Waals surface area contributed by atoms with Crippen LogP contribution in [-0.2, 0) is 11.3 Å². The van der Waals surface area contributed by atoms with Gasteiger partial charge in [-0.1, -0.05) is 13.0 Å². The zero-order valence-corrected chi connectivity index (χ0v) is 12.9. The van der Waals surface area contributed by atoms with Gasteiger partial charge in [-0.25, -0.2) is 4.79 Å². The van der Waals surface area contributed by atoms with E-state index in [1.54, 1.807) is 13.2 Å². The number of hydrogen-bond acceptors (Lipinski definition) is 3. The highest BCUT2D eigenvalue weighted by atomic mass is 16.5. The second kappa shape index (κ2) is 6.76. The molecule has 2 rings (SSSR count). The zero-order valence-electron chi connectivity index (χ0n) is 12.9. The van der Waals surface area contributed by atoms with Crippen molar-refractivity contribution in [1.29, 1.82) is 0 Å². The summed E-state index contributed by atoms with van der Waals surface area (Å²) in [6, 6.07) is 6.36. The van der Waals surface area contributed by atoms with E-state index in [0.717, 1.165) is 42.0 Å². The highest BCUT2D eigenvalue weighted by Crippen LogP contribution is 2.28. The molecule has 0 radical (unpaired) electrons. The predicted molar refractivity (Wildman–Crippen MR) is 83.3 cm³/mol. The lowest BCUT2D eigenvalue weighted by atomic mass is 10.1. The number of aliphatic carboxylic acids is 1. The molecule has 1 aliphatic rings. The van der Waals surface area contributed by atoms with Crippen molar-refractivity contribution >= 4 is 12.0 Å². The van der Waals surface area contributed by atoms with Crippen LogP contribution < -0.4 is 4.74 Å². The molecule has 21 heavy (non-hydrogen) atoms. The van der Waals surface area contributed by atoms with Crippen molar-refractivity contribution in [3.05, 3.63) is 35.4 Å². The van der Waals surface area contributed by atoms with Crippen LogP contribution in [0.15, 0.2) is 24.3 Å². The SMILES string of the molecule is COc1ccc(/C=C/C(=O)O)cc1CN1CC(C)CC1C. The summed E-state index contributed by atoms with van der Waals surface area (Å²) in [6.45, 7) is 6.47. The summed E-state index contributed by atoms with van der Waals surface area (Å²) in [5.74, 6) is 0.643. The largest absolute Gasteiger partial charge is 0.496 e. The van der Waals surface area contributed by atoms with Crippen LogP contribution in [-0.4, -0.2) is 35.7 Å². The number of carboxylic acid groups (broad SMARTS) is 1. The predicted octanol–water partition coefficient (Wildman–Crippen LogP) is 3.02. The molecule has 0 spiro atoms. The summed E-state index contributed by atoms with van der Waals surface area (Å²) in [5, 5.41) is 8.72. The standard InChI is InChI=1S/C17H23NO3/c1-12-8-13(2)18(10-12)11-15-9-14(5-7-17(19)20)4-6-16(15)21-3/h4-7,9,12-13H,8,10-11H2,1-3H3,(H,19,20)/b7-5+. The number of nitrogens with zero attached hydrogens (tertiary/aromatic N) is 1. The molecule has 1 aliphatic heterocycles. The second-order valence-electron chi connectivity index (χ2n) is 5.86. The first-order valence-corrected chi connectivity index (χ1v) is 7.31. The number of hydrogen-bond donors (Lipinski definition) is 1. The third kappa shape index (κ3) is 4.08. The van der Waals surface area contributed by atoms with Crippen molar-refractivity contribution in [2.24, 2.45) is 5.92 Å². The summed E-state index contributed by atoms with van der Waals surface area (Å²) in [6.07, 6.45) is 3.99. The van der Waals surface area contributed by atoms with Gasteiger partial charge in [-0.05, 0) is 43.0 Å². The quantitative estimate of drug-likeness (QED) is 0.847. The smallest absolute Gasteiger partial charge is 0.328 e. The van der Waals surface area contributed by atoms with Crippen molar-refractivity contribution < 1.29 is 14.6 Å². The molecule has 0 saturated carbocycles. The van der Waals surface area contributed by atoms with E-state index in [0.29, 0.717) is 6.04 Å². The van der Waals surface area contributed by atoms with Crippen LogP contribution in [0.2, 0.25) is 0 Å². The molecule has 114 valence electrons. The maximum Gasteiger partial charge on any atom is 0.328 e. The Morgan fingerprint density at radius 1 is 1.48 bits per heavy atom. The number of likely N-dealkylation sites (tertiary alicyclic amines) is 1. The molecule has 1 fully saturated rings. The maximum absolute atomic E-state index is 10.6. The minimum Gasteiger partial charge on any atom is -0.496 e. The maximum atomic E-state index is 10.6. The molecule has 1 aromatic carbocycles. The Balaban J connectivity index is 2.20. The highest BCUT2D eigenvalue weighted by Gasteiger charge is 2.26. The minimum absolute atomic E-state index is 0.572. The number of benzene rings is 1. The molecule has 2 atom stereocenters. The average molecular weight is 289 g/mol. The zero-order chi connectivity index (χ0) is 15.4. The minimum atomic E-state index is -0.936. The molecule has 1 saturated heterocycles. The van der Waals surface area contributed by atoms with Gasteiger partial charge in [0.25, 0.3) is 0 Å². The lowest BCUT2D eigenvalue weighted by Gasteiger charge is -2.22. The first kappa shape index (κ1) is 15.6. The lowest BCUT2D eigenvalue weighted by Crippen LogP contribution is -2.26. The fraction of sp³-hybridized carbons (Fsp3) is 0.471. The lowest BCUT2D eigenvalue weighted by molar-refractivity contribution is -0.131. The van der Waals surface area contributed by atoms with Gasteiger partial charge in [-0.2, -0.15) is 0 Å². The summed E-state index contributed by atoms with van der Waals surface area (Å²) in [5.41, 5.74) is 1.99. The Hall–Kier alpha value is -1.81.